The van der Waals surface area contributed by atoms with E-state index in [9.17, 15) is 13.2 Å². The summed E-state index contributed by atoms with van der Waals surface area (Å²) >= 11 is 1.06. The Morgan fingerprint density at radius 2 is 1.70 bits per heavy atom. The molecule has 0 radical (unpaired) electrons. The van der Waals surface area contributed by atoms with Gasteiger partial charge in [-0.3, -0.25) is 14.6 Å². The second kappa shape index (κ2) is 5.50. The maximum absolute atomic E-state index is 9.63. The van der Waals surface area contributed by atoms with E-state index in [2.05, 4.69) is 0 Å². The van der Waals surface area contributed by atoms with Gasteiger partial charge in [0.05, 0.1) is 0 Å². The van der Waals surface area contributed by atoms with Crippen molar-refractivity contribution in [3.8, 4) is 0 Å². The van der Waals surface area contributed by atoms with Crippen molar-refractivity contribution in [2.75, 3.05) is 0 Å². The van der Waals surface area contributed by atoms with E-state index in [1.54, 1.807) is 0 Å². The van der Waals surface area contributed by atoms with E-state index >= 15 is 0 Å². The zero-order valence-corrected chi connectivity index (χ0v) is 6.60. The molecule has 0 saturated heterocycles. The van der Waals surface area contributed by atoms with Crippen LogP contribution in [-0.4, -0.2) is 23.4 Å². The summed E-state index contributed by atoms with van der Waals surface area (Å²) in [5.41, 5.74) is 0.728. The van der Waals surface area contributed by atoms with Crippen LogP contribution in [0, 0.1) is 0 Å². The van der Waals surface area contributed by atoms with Crippen LogP contribution >= 0.6 is 0 Å². The van der Waals surface area contributed by atoms with Crippen molar-refractivity contribution in [2.24, 2.45) is 0 Å². The number of carbonyl (C=O) groups excluding carboxylic acids is 1. The molecule has 0 aliphatic carbocycles. The second-order valence-corrected chi connectivity index (χ2v) is 2.20. The number of hydrogen-bond donors (Lipinski definition) is 3. The maximum atomic E-state index is 9.63. The predicted molar refractivity (Wildman–Crippen MR) is 22.6 cm³/mol. The van der Waals surface area contributed by atoms with Gasteiger partial charge in [-0.2, -0.15) is 8.42 Å². The van der Waals surface area contributed by atoms with E-state index in [0.29, 0.717) is 0 Å². The summed E-state index contributed by atoms with van der Waals surface area (Å²) in [6.07, 6.45) is 0. The van der Waals surface area contributed by atoms with E-state index in [0.717, 1.165) is 22.8 Å². The van der Waals surface area contributed by atoms with Crippen LogP contribution in [0.15, 0.2) is 0 Å². The first-order valence-electron chi connectivity index (χ1n) is 1.58. The molecule has 9 heteroatoms. The van der Waals surface area contributed by atoms with Gasteiger partial charge in [0.25, 0.3) is 0 Å². The Morgan fingerprint density at radius 3 is 1.70 bits per heavy atom. The van der Waals surface area contributed by atoms with Crippen LogP contribution in [0.5, 0.6) is 0 Å². The number of carbonyl (C=O) groups is 1. The fraction of sp³-hybridized carbons (Fsp3) is 0. The molecule has 0 fully saturated rings. The van der Waals surface area contributed by atoms with Gasteiger partial charge in [-0.15, -0.1) is 0 Å². The van der Waals surface area contributed by atoms with E-state index < -0.39 is 15.4 Å². The first kappa shape index (κ1) is 12.4. The molecule has 0 heterocycles. The van der Waals surface area contributed by atoms with E-state index in [-0.39, 0.29) is 0 Å². The Balaban J connectivity index is 0. The van der Waals surface area contributed by atoms with Crippen LogP contribution in [0.3, 0.4) is 0 Å². The van der Waals surface area contributed by atoms with Crippen LogP contribution in [0.25, 0.3) is 0 Å². The standard InChI is InChI=1S/CH3NO5S.O.V/c3-1(2-4)8(5,6)7;;/h4H,(H,2,3)(H,5,6,7);;. The van der Waals surface area contributed by atoms with Gasteiger partial charge in [-0.25, -0.2) is 5.48 Å². The third kappa shape index (κ3) is 5.85. The minimum atomic E-state index is -4.75. The average molecular weight is 208 g/mol. The number of amides is 1. The van der Waals surface area contributed by atoms with Crippen molar-refractivity contribution in [3.05, 3.63) is 0 Å². The Hall–Kier alpha value is -0.276. The number of rotatable bonds is 0. The molecule has 0 bridgehead atoms. The van der Waals surface area contributed by atoms with Crippen LogP contribution in [0.1, 0.15) is 0 Å². The molecule has 0 aliphatic heterocycles. The summed E-state index contributed by atoms with van der Waals surface area (Å²) in [6.45, 7) is 0. The van der Waals surface area contributed by atoms with Gasteiger partial charge in [-0.05, 0) is 0 Å². The first-order valence-corrected chi connectivity index (χ1v) is 3.59. The number of nitrogens with one attached hydrogen (secondary N) is 1. The normalized spacial score (nSPS) is 8.90. The fourth-order valence-corrected chi connectivity index (χ4v) is 0.173. The molecule has 0 unspecified atom stereocenters. The third-order valence-electron chi connectivity index (χ3n) is 0.326. The topological polar surface area (TPSA) is 121 Å². The van der Waals surface area contributed by atoms with E-state index in [1.807, 2.05) is 0 Å². The van der Waals surface area contributed by atoms with Crippen molar-refractivity contribution in [1.29, 1.82) is 0 Å². The summed E-state index contributed by atoms with van der Waals surface area (Å²) < 4.78 is 35.0. The first-order chi connectivity index (χ1) is 4.48. The SMILES string of the molecule is O=C(NO)S(=O)(=O)O.[O]=[V]. The van der Waals surface area contributed by atoms with E-state index in [4.69, 9.17) is 13.4 Å². The van der Waals surface area contributed by atoms with Gasteiger partial charge in [0.1, 0.15) is 0 Å². The van der Waals surface area contributed by atoms with Crippen molar-refractivity contribution >= 4 is 15.4 Å². The summed E-state index contributed by atoms with van der Waals surface area (Å²) in [6, 6.07) is 0. The molecule has 0 aromatic carbocycles. The van der Waals surface area contributed by atoms with Crippen molar-refractivity contribution in [1.82, 2.24) is 5.48 Å². The molecule has 59 valence electrons. The van der Waals surface area contributed by atoms with Gasteiger partial charge >= 0.3 is 36.4 Å². The number of hydrogen-bond acceptors (Lipinski definition) is 5. The van der Waals surface area contributed by atoms with E-state index in [1.165, 1.54) is 0 Å². The molecule has 0 atom stereocenters. The molecule has 0 aromatic heterocycles. The molecule has 0 aromatic rings. The second-order valence-electron chi connectivity index (χ2n) is 0.874. The molecule has 7 nitrogen and oxygen atoms in total. The summed E-state index contributed by atoms with van der Waals surface area (Å²) in [4.78, 5) is 9.63. The third-order valence-corrected chi connectivity index (χ3v) is 0.885. The van der Waals surface area contributed by atoms with Gasteiger partial charge in [0.2, 0.25) is 0 Å². The van der Waals surface area contributed by atoms with Crippen LogP contribution in [-0.2, 0) is 31.2 Å². The van der Waals surface area contributed by atoms with Crippen molar-refractivity contribution in [2.45, 2.75) is 0 Å². The summed E-state index contributed by atoms with van der Waals surface area (Å²) in [5.74, 6) is 0. The zero-order valence-electron chi connectivity index (χ0n) is 4.38. The molecule has 0 rings (SSSR count). The average Bonchev–Trinajstić information content (AvgIpc) is 1.89. The summed E-state index contributed by atoms with van der Waals surface area (Å²) in [5, 5.41) is 5.70. The van der Waals surface area contributed by atoms with Crippen LogP contribution in [0.2, 0.25) is 0 Å². The molecule has 0 saturated carbocycles. The van der Waals surface area contributed by atoms with Gasteiger partial charge in [0.15, 0.2) is 0 Å². The Labute approximate surface area is 65.3 Å². The molecular weight excluding hydrogens is 205 g/mol. The zero-order chi connectivity index (χ0) is 8.78. The van der Waals surface area contributed by atoms with Gasteiger partial charge < -0.3 is 0 Å². The molecule has 1 amide bonds. The Bertz CT molecular complexity index is 196. The fourth-order valence-electron chi connectivity index (χ4n) is 0.0577. The molecule has 0 aliphatic rings. The quantitative estimate of drug-likeness (QED) is 0.262. The molecule has 0 spiro atoms. The van der Waals surface area contributed by atoms with Gasteiger partial charge in [-0.1, -0.05) is 0 Å². The monoisotopic (exact) mass is 208 g/mol. The van der Waals surface area contributed by atoms with Crippen molar-refractivity contribution in [3.63, 3.8) is 0 Å². The van der Waals surface area contributed by atoms with Crippen molar-refractivity contribution < 1.29 is 44.0 Å². The van der Waals surface area contributed by atoms with Gasteiger partial charge in [0, 0.05) is 0 Å². The Kier molecular flexibility index (Phi) is 6.83. The van der Waals surface area contributed by atoms with Crippen LogP contribution in [0.4, 0.5) is 4.79 Å². The summed E-state index contributed by atoms with van der Waals surface area (Å²) in [7, 11) is -4.75. The number of hydroxylamine groups is 1. The Morgan fingerprint density at radius 1 is 1.40 bits per heavy atom. The minimum absolute atomic E-state index is 0.728. The molecule has 3 N–H and O–H groups in total. The molecule has 10 heavy (non-hydrogen) atoms. The molecular formula is CH3NO6SV. The predicted octanol–water partition coefficient (Wildman–Crippen LogP) is -1.15. The van der Waals surface area contributed by atoms with Crippen LogP contribution < -0.4 is 5.48 Å².